The molecule has 2 aromatic rings. The normalized spacial score (nSPS) is 22.5. The maximum atomic E-state index is 13.9. The average molecular weight is 653 g/mol. The zero-order valence-electron chi connectivity index (χ0n) is 26.4. The molecular weight excluding hydrogens is 608 g/mol. The van der Waals surface area contributed by atoms with E-state index in [-0.39, 0.29) is 86.9 Å². The molecule has 1 aromatic heterocycles. The molecule has 2 saturated heterocycles. The second-order valence-electron chi connectivity index (χ2n) is 12.5. The molecular formula is C33H44N6O6S. The zero-order valence-corrected chi connectivity index (χ0v) is 27.2. The molecule has 0 unspecified atom stereocenters. The molecule has 6 rings (SSSR count). The third-order valence-corrected chi connectivity index (χ3v) is 10.5. The zero-order chi connectivity index (χ0) is 32.6. The number of hydrogen-bond acceptors (Lipinski definition) is 8. The fraction of sp³-hybridized carbons (Fsp3) is 0.576. The van der Waals surface area contributed by atoms with Crippen LogP contribution in [0.15, 0.2) is 30.3 Å². The quantitative estimate of drug-likeness (QED) is 0.388. The lowest BCUT2D eigenvalue weighted by Crippen LogP contribution is -2.50. The van der Waals surface area contributed by atoms with Gasteiger partial charge in [-0.3, -0.25) is 24.0 Å². The van der Waals surface area contributed by atoms with E-state index < -0.39 is 5.91 Å². The van der Waals surface area contributed by atoms with Crippen LogP contribution in [-0.4, -0.2) is 107 Å². The van der Waals surface area contributed by atoms with Crippen molar-refractivity contribution in [2.75, 3.05) is 52.4 Å². The Morgan fingerprint density at radius 3 is 2.43 bits per heavy atom. The molecule has 5 amide bonds. The first-order chi connectivity index (χ1) is 22.2. The van der Waals surface area contributed by atoms with Gasteiger partial charge in [0.05, 0.1) is 23.7 Å². The number of hydrogen-bond donors (Lipinski definition) is 3. The van der Waals surface area contributed by atoms with Crippen LogP contribution in [0.25, 0.3) is 0 Å². The van der Waals surface area contributed by atoms with Gasteiger partial charge in [0.2, 0.25) is 29.5 Å². The van der Waals surface area contributed by atoms with Crippen LogP contribution in [-0.2, 0) is 36.9 Å². The SMILES string of the molecule is Cc1sc2nc1CC(=O)N1CC[C@@H](CC(=O)NCc3ccccc3)[C@@H](CC(=O)N(CC(=O)NCCO)CC(=O)N3CCC2CC3)C1. The lowest BCUT2D eigenvalue weighted by Gasteiger charge is -2.39. The van der Waals surface area contributed by atoms with Gasteiger partial charge in [0.25, 0.3) is 0 Å². The van der Waals surface area contributed by atoms with Crippen LogP contribution in [0.5, 0.6) is 0 Å². The third-order valence-electron chi connectivity index (χ3n) is 9.33. The molecule has 3 N–H and O–H groups in total. The number of nitrogens with one attached hydrogen (secondary N) is 2. The van der Waals surface area contributed by atoms with E-state index in [0.29, 0.717) is 39.1 Å². The number of thiazole rings is 1. The van der Waals surface area contributed by atoms with E-state index in [4.69, 9.17) is 10.1 Å². The standard InChI is InChI=1S/C33H44N6O6S/c1-22-27-17-31(44)38-13-9-25(15-28(41)35-18-23-5-3-2-4-6-23)26(19-38)16-30(43)39(20-29(42)34-10-14-40)21-32(45)37-11-7-24(8-12-37)33(36-27)46-22/h2-6,24-26,40H,7-21H2,1H3,(H,34,42)(H,35,41)/t25-,26-/m0/s1. The molecule has 2 fully saturated rings. The Morgan fingerprint density at radius 2 is 1.70 bits per heavy atom. The molecule has 0 spiro atoms. The number of aliphatic hydroxyl groups is 1. The molecule has 248 valence electrons. The third kappa shape index (κ3) is 8.69. The Morgan fingerprint density at radius 1 is 0.957 bits per heavy atom. The van der Waals surface area contributed by atoms with Crippen LogP contribution in [0.3, 0.4) is 0 Å². The van der Waals surface area contributed by atoms with Gasteiger partial charge in [0, 0.05) is 62.9 Å². The summed E-state index contributed by atoms with van der Waals surface area (Å²) in [6.45, 7) is 3.43. The predicted octanol–water partition coefficient (Wildman–Crippen LogP) is 1.21. The van der Waals surface area contributed by atoms with E-state index in [1.807, 2.05) is 37.3 Å². The molecule has 0 radical (unpaired) electrons. The van der Waals surface area contributed by atoms with Gasteiger partial charge in [-0.05, 0) is 43.6 Å². The first-order valence-corrected chi connectivity index (χ1v) is 17.0. The number of aliphatic hydroxyl groups excluding tert-OH is 1. The molecule has 0 aliphatic carbocycles. The number of aromatic nitrogens is 1. The Hall–Kier alpha value is -3.84. The summed E-state index contributed by atoms with van der Waals surface area (Å²) in [4.78, 5) is 77.4. The number of rotatable bonds is 8. The van der Waals surface area contributed by atoms with Gasteiger partial charge in [-0.15, -0.1) is 11.3 Å². The van der Waals surface area contributed by atoms with Crippen molar-refractivity contribution in [1.82, 2.24) is 30.3 Å². The second-order valence-corrected chi connectivity index (χ2v) is 13.8. The number of carbonyl (C=O) groups is 5. The molecule has 6 bridgehead atoms. The smallest absolute Gasteiger partial charge is 0.242 e. The minimum atomic E-state index is -0.466. The Labute approximate surface area is 273 Å². The van der Waals surface area contributed by atoms with E-state index in [1.54, 1.807) is 21.1 Å². The van der Waals surface area contributed by atoms with Crippen molar-refractivity contribution in [3.8, 4) is 0 Å². The van der Waals surface area contributed by atoms with E-state index >= 15 is 0 Å². The summed E-state index contributed by atoms with van der Waals surface area (Å²) in [6.07, 6.45) is 2.39. The van der Waals surface area contributed by atoms with E-state index in [9.17, 15) is 24.0 Å². The monoisotopic (exact) mass is 652 g/mol. The van der Waals surface area contributed by atoms with Crippen molar-refractivity contribution < 1.29 is 29.1 Å². The molecule has 1 aromatic carbocycles. The van der Waals surface area contributed by atoms with Gasteiger partial charge in [0.15, 0.2) is 0 Å². The topological polar surface area (TPSA) is 152 Å². The summed E-state index contributed by atoms with van der Waals surface area (Å²) in [5, 5.41) is 15.7. The number of aryl methyl sites for hydroxylation is 1. The van der Waals surface area contributed by atoms with Crippen molar-refractivity contribution in [3.63, 3.8) is 0 Å². The van der Waals surface area contributed by atoms with Gasteiger partial charge >= 0.3 is 0 Å². The van der Waals surface area contributed by atoms with Crippen LogP contribution in [0.4, 0.5) is 0 Å². The van der Waals surface area contributed by atoms with Crippen LogP contribution in [0.1, 0.15) is 59.2 Å². The summed E-state index contributed by atoms with van der Waals surface area (Å²) in [7, 11) is 0. The van der Waals surface area contributed by atoms with Crippen LogP contribution in [0, 0.1) is 18.8 Å². The Bertz CT molecular complexity index is 1410. The lowest BCUT2D eigenvalue weighted by molar-refractivity contribution is -0.145. The molecule has 46 heavy (non-hydrogen) atoms. The molecule has 4 aliphatic rings. The predicted molar refractivity (Wildman–Crippen MR) is 171 cm³/mol. The summed E-state index contributed by atoms with van der Waals surface area (Å²) in [5.41, 5.74) is 1.76. The van der Waals surface area contributed by atoms with Crippen molar-refractivity contribution in [3.05, 3.63) is 51.5 Å². The van der Waals surface area contributed by atoms with Gasteiger partial charge in [-0.25, -0.2) is 4.98 Å². The van der Waals surface area contributed by atoms with Crippen molar-refractivity contribution in [1.29, 1.82) is 0 Å². The fourth-order valence-electron chi connectivity index (χ4n) is 6.61. The second kappa shape index (κ2) is 15.6. The number of piperidine rings is 2. The fourth-order valence-corrected chi connectivity index (χ4v) is 7.71. The van der Waals surface area contributed by atoms with Crippen LogP contribution >= 0.6 is 11.3 Å². The van der Waals surface area contributed by atoms with Crippen LogP contribution in [0.2, 0.25) is 0 Å². The minimum Gasteiger partial charge on any atom is -0.395 e. The highest BCUT2D eigenvalue weighted by Gasteiger charge is 2.37. The van der Waals surface area contributed by atoms with Crippen molar-refractivity contribution in [2.45, 2.75) is 57.9 Å². The van der Waals surface area contributed by atoms with Gasteiger partial charge < -0.3 is 30.4 Å². The maximum absolute atomic E-state index is 13.9. The van der Waals surface area contributed by atoms with E-state index in [2.05, 4.69) is 10.6 Å². The largest absolute Gasteiger partial charge is 0.395 e. The maximum Gasteiger partial charge on any atom is 0.242 e. The number of carbonyl (C=O) groups excluding carboxylic acids is 5. The molecule has 2 atom stereocenters. The Kier molecular flexibility index (Phi) is 11.4. The molecule has 5 heterocycles. The molecule has 12 nitrogen and oxygen atoms in total. The van der Waals surface area contributed by atoms with Crippen molar-refractivity contribution in [2.24, 2.45) is 11.8 Å². The highest BCUT2D eigenvalue weighted by molar-refractivity contribution is 7.11. The highest BCUT2D eigenvalue weighted by Crippen LogP contribution is 2.34. The van der Waals surface area contributed by atoms with Gasteiger partial charge in [0.1, 0.15) is 13.1 Å². The van der Waals surface area contributed by atoms with Gasteiger partial charge in [-0.2, -0.15) is 0 Å². The number of fused-ring (bicyclic) bond motifs is 7. The first kappa shape index (κ1) is 33.5. The van der Waals surface area contributed by atoms with Crippen molar-refractivity contribution >= 4 is 40.9 Å². The Balaban J connectivity index is 1.37. The van der Waals surface area contributed by atoms with E-state index in [0.717, 1.165) is 34.0 Å². The van der Waals surface area contributed by atoms with E-state index in [1.165, 1.54) is 4.90 Å². The average Bonchev–Trinajstić information content (AvgIpc) is 3.42. The molecule has 13 heteroatoms. The first-order valence-electron chi connectivity index (χ1n) is 16.2. The summed E-state index contributed by atoms with van der Waals surface area (Å²) in [6, 6.07) is 9.62. The summed E-state index contributed by atoms with van der Waals surface area (Å²) in [5.74, 6) is -1.56. The van der Waals surface area contributed by atoms with Crippen LogP contribution < -0.4 is 10.6 Å². The lowest BCUT2D eigenvalue weighted by atomic mass is 9.80. The molecule has 4 aliphatic heterocycles. The molecule has 0 saturated carbocycles. The highest BCUT2D eigenvalue weighted by atomic mass is 32.1. The number of amides is 5. The minimum absolute atomic E-state index is 0.0110. The summed E-state index contributed by atoms with van der Waals surface area (Å²) >= 11 is 1.62. The number of nitrogens with zero attached hydrogens (tertiary/aromatic N) is 4. The summed E-state index contributed by atoms with van der Waals surface area (Å²) < 4.78 is 0. The van der Waals surface area contributed by atoms with Gasteiger partial charge in [-0.1, -0.05) is 30.3 Å². The number of benzene rings is 1.